The highest BCUT2D eigenvalue weighted by Gasteiger charge is 2.41. The topological polar surface area (TPSA) is 102 Å². The highest BCUT2D eigenvalue weighted by molar-refractivity contribution is 6.31. The summed E-state index contributed by atoms with van der Waals surface area (Å²) >= 11 is 6.59. The van der Waals surface area contributed by atoms with Crippen LogP contribution < -0.4 is 15.6 Å². The van der Waals surface area contributed by atoms with Crippen molar-refractivity contribution in [3.8, 4) is 5.75 Å². The third-order valence-corrected chi connectivity index (χ3v) is 7.93. The molecule has 1 aliphatic carbocycles. The zero-order chi connectivity index (χ0) is 30.0. The highest BCUT2D eigenvalue weighted by Crippen LogP contribution is 2.42. The van der Waals surface area contributed by atoms with Gasteiger partial charge in [0, 0.05) is 20.7 Å². The monoisotopic (exact) mass is 571 g/mol. The van der Waals surface area contributed by atoms with Crippen molar-refractivity contribution in [1.29, 1.82) is 0 Å². The van der Waals surface area contributed by atoms with Gasteiger partial charge in [-0.1, -0.05) is 11.6 Å². The van der Waals surface area contributed by atoms with E-state index in [4.69, 9.17) is 19.1 Å². The predicted octanol–water partition coefficient (Wildman–Crippen LogP) is 4.95. The molecule has 11 heteroatoms. The smallest absolute Gasteiger partial charge is 0.274 e. The van der Waals surface area contributed by atoms with Gasteiger partial charge in [0.25, 0.3) is 5.56 Å². The van der Waals surface area contributed by atoms with Gasteiger partial charge in [0.2, 0.25) is 0 Å². The molecule has 3 aromatic heterocycles. The quantitative estimate of drug-likeness (QED) is 0.457. The fourth-order valence-electron chi connectivity index (χ4n) is 5.62. The van der Waals surface area contributed by atoms with Gasteiger partial charge in [-0.25, -0.2) is 18.7 Å². The van der Waals surface area contributed by atoms with E-state index in [1.54, 1.807) is 32.2 Å². The van der Waals surface area contributed by atoms with Crippen LogP contribution in [0.3, 0.4) is 0 Å². The van der Waals surface area contributed by atoms with Crippen LogP contribution in [0.1, 0.15) is 88.9 Å². The van der Waals surface area contributed by atoms with Gasteiger partial charge >= 0.3 is 0 Å². The first-order valence-corrected chi connectivity index (χ1v) is 13.6. The average Bonchev–Trinajstić information content (AvgIpc) is 3.17. The Bertz CT molecular complexity index is 1640. The molecule has 0 saturated carbocycles. The number of fused-ring (bicyclic) bond motifs is 4. The van der Waals surface area contributed by atoms with Crippen LogP contribution in [0.25, 0.3) is 0 Å². The Labute approximate surface area is 237 Å². The number of allylic oxidation sites excluding steroid dienone is 1. The molecule has 3 aliphatic rings. The van der Waals surface area contributed by atoms with Crippen LogP contribution in [0.5, 0.6) is 5.75 Å². The van der Waals surface area contributed by atoms with Crippen LogP contribution in [-0.2, 0) is 18.4 Å². The van der Waals surface area contributed by atoms with Gasteiger partial charge < -0.3 is 19.7 Å². The van der Waals surface area contributed by atoms with Crippen molar-refractivity contribution in [2.45, 2.75) is 82.3 Å². The zero-order valence-corrected chi connectivity index (χ0v) is 22.8. The number of aryl methyl sites for hydroxylation is 2. The summed E-state index contributed by atoms with van der Waals surface area (Å²) in [6.07, 6.45) is 2.26. The van der Waals surface area contributed by atoms with E-state index < -0.39 is 47.7 Å². The van der Waals surface area contributed by atoms with Gasteiger partial charge in [-0.2, -0.15) is 0 Å². The van der Waals surface area contributed by atoms with E-state index in [-0.39, 0.29) is 34.3 Å². The second-order valence-corrected chi connectivity index (χ2v) is 11.3. The molecular formula is C29H30ClF2N5O3. The van der Waals surface area contributed by atoms with Crippen LogP contribution in [0, 0.1) is 5.82 Å². The second-order valence-electron chi connectivity index (χ2n) is 10.9. The number of halogens is 3. The van der Waals surface area contributed by atoms with Crippen molar-refractivity contribution in [3.63, 3.8) is 0 Å². The molecule has 0 spiro atoms. The minimum absolute atomic E-state index is 0.0466. The summed E-state index contributed by atoms with van der Waals surface area (Å²) in [7, 11) is 0. The van der Waals surface area contributed by atoms with E-state index in [0.29, 0.717) is 29.8 Å². The molecule has 40 heavy (non-hydrogen) atoms. The Morgan fingerprint density at radius 1 is 1.27 bits per heavy atom. The molecule has 2 N–H and O–H groups in total. The number of pyridine rings is 2. The molecule has 0 amide bonds. The lowest BCUT2D eigenvalue weighted by Gasteiger charge is -2.38. The summed E-state index contributed by atoms with van der Waals surface area (Å²) in [5, 5.41) is 13.2. The minimum atomic E-state index is -1.88. The molecule has 0 fully saturated rings. The summed E-state index contributed by atoms with van der Waals surface area (Å²) in [5.74, 6) is -0.455. The van der Waals surface area contributed by atoms with Crippen molar-refractivity contribution >= 4 is 11.6 Å². The largest absolute Gasteiger partial charge is 0.482 e. The summed E-state index contributed by atoms with van der Waals surface area (Å²) in [6.45, 7) is 3.09. The number of hydrogen-bond donors (Lipinski definition) is 2. The predicted molar refractivity (Wildman–Crippen MR) is 144 cm³/mol. The molecular weight excluding hydrogens is 540 g/mol. The van der Waals surface area contributed by atoms with Crippen LogP contribution in [0.15, 0.2) is 47.2 Å². The standard InChI is InChI=1S/C29H30ClF2N5O3/c1-29(2,39)28-33-10-9-19(36-28)25-23(32)26-16(13-34-25)5-3-4-6-18-12-21(22(30)27(38)37(18)26)40-20-8-7-15-11-17(31)14-35-24(15)20/h9-14,20,23,25-26,34,39H,3-8H2,1-2H3/t20?,23-,25+,26?/m1/s1/i7D2. The van der Waals surface area contributed by atoms with Crippen LogP contribution in [0.2, 0.25) is 5.02 Å². The average molecular weight is 572 g/mol. The van der Waals surface area contributed by atoms with Gasteiger partial charge in [-0.3, -0.25) is 9.78 Å². The van der Waals surface area contributed by atoms with Gasteiger partial charge in [-0.15, -0.1) is 0 Å². The third-order valence-electron chi connectivity index (χ3n) is 7.59. The zero-order valence-electron chi connectivity index (χ0n) is 24.0. The Hall–Kier alpha value is -3.37. The van der Waals surface area contributed by atoms with Gasteiger partial charge in [0.05, 0.1) is 23.6 Å². The number of nitrogens with one attached hydrogen (secondary N) is 1. The van der Waals surface area contributed by atoms with Crippen molar-refractivity contribution in [2.24, 2.45) is 0 Å². The lowest BCUT2D eigenvalue weighted by Crippen LogP contribution is -2.44. The number of hydrogen-bond acceptors (Lipinski definition) is 7. The Morgan fingerprint density at radius 3 is 2.88 bits per heavy atom. The van der Waals surface area contributed by atoms with E-state index >= 15 is 4.39 Å². The number of rotatable bonds is 4. The third kappa shape index (κ3) is 4.77. The van der Waals surface area contributed by atoms with Crippen LogP contribution >= 0.6 is 11.6 Å². The van der Waals surface area contributed by atoms with Gasteiger partial charge in [0.15, 0.2) is 12.0 Å². The lowest BCUT2D eigenvalue weighted by molar-refractivity contribution is 0.0678. The first kappa shape index (κ1) is 24.4. The minimum Gasteiger partial charge on any atom is -0.482 e. The number of aromatic nitrogens is 4. The van der Waals surface area contributed by atoms with Crippen molar-refractivity contribution < 1.29 is 21.4 Å². The van der Waals surface area contributed by atoms with Crippen molar-refractivity contribution in [1.82, 2.24) is 24.8 Å². The maximum Gasteiger partial charge on any atom is 0.274 e. The Kier molecular flexibility index (Phi) is 6.25. The molecule has 8 nitrogen and oxygen atoms in total. The number of alkyl halides is 1. The number of aliphatic hydroxyl groups is 1. The Balaban J connectivity index is 1.39. The molecule has 6 rings (SSSR count). The molecule has 0 saturated heterocycles. The second kappa shape index (κ2) is 10.2. The molecule has 2 unspecified atom stereocenters. The molecule has 0 radical (unpaired) electrons. The molecule has 0 bridgehead atoms. The van der Waals surface area contributed by atoms with E-state index in [1.807, 2.05) is 0 Å². The maximum atomic E-state index is 16.6. The summed E-state index contributed by atoms with van der Waals surface area (Å²) in [4.78, 5) is 26.5. The SMILES string of the molecule is [2H]C1([2H])CC(Oc2cc3n(c(=O)c2Cl)C2C(=CN[C@@H](c4ccnc(C(C)(C)O)n4)[C@H]2F)CCCC3)c2ncc(F)cc21. The van der Waals surface area contributed by atoms with E-state index in [1.165, 1.54) is 10.8 Å². The van der Waals surface area contributed by atoms with E-state index in [0.717, 1.165) is 25.1 Å². The van der Waals surface area contributed by atoms with Crippen molar-refractivity contribution in [2.75, 3.05) is 0 Å². The molecule has 0 aromatic carbocycles. The molecule has 4 atom stereocenters. The summed E-state index contributed by atoms with van der Waals surface area (Å²) < 4.78 is 54.5. The van der Waals surface area contributed by atoms with Gasteiger partial charge in [-0.05, 0) is 81.8 Å². The first-order valence-electron chi connectivity index (χ1n) is 14.3. The van der Waals surface area contributed by atoms with E-state index in [2.05, 4.69) is 20.3 Å². The Morgan fingerprint density at radius 2 is 2.08 bits per heavy atom. The van der Waals surface area contributed by atoms with Crippen LogP contribution in [0.4, 0.5) is 8.78 Å². The number of nitrogens with zero attached hydrogens (tertiary/aromatic N) is 4. The normalized spacial score (nSPS) is 26.1. The summed E-state index contributed by atoms with van der Waals surface area (Å²) in [5.41, 5.74) is -0.0216. The fraction of sp³-hybridized carbons (Fsp3) is 0.448. The van der Waals surface area contributed by atoms with E-state index in [9.17, 15) is 14.3 Å². The molecule has 3 aromatic rings. The fourth-order valence-corrected chi connectivity index (χ4v) is 5.81. The molecule has 2 aliphatic heterocycles. The number of ether oxygens (including phenoxy) is 1. The van der Waals surface area contributed by atoms with Gasteiger partial charge in [0.1, 0.15) is 34.3 Å². The molecule has 5 heterocycles. The maximum absolute atomic E-state index is 16.6. The van der Waals surface area contributed by atoms with Crippen LogP contribution in [-0.4, -0.2) is 30.8 Å². The lowest BCUT2D eigenvalue weighted by atomic mass is 9.87. The highest BCUT2D eigenvalue weighted by atomic mass is 35.5. The summed E-state index contributed by atoms with van der Waals surface area (Å²) in [6, 6.07) is 2.42. The first-order chi connectivity index (χ1) is 19.8. The van der Waals surface area contributed by atoms with Crippen molar-refractivity contribution in [3.05, 3.63) is 92.0 Å². The molecule has 210 valence electrons.